The summed E-state index contributed by atoms with van der Waals surface area (Å²) in [6.07, 6.45) is 5.12. The molecule has 2 aliphatic rings. The number of hydrogen-bond donors (Lipinski definition) is 1. The van der Waals surface area contributed by atoms with Gasteiger partial charge in [-0.05, 0) is 38.6 Å². The number of rotatable bonds is 7. The van der Waals surface area contributed by atoms with Crippen molar-refractivity contribution in [3.05, 3.63) is 0 Å². The maximum absolute atomic E-state index is 12.1. The zero-order valence-corrected chi connectivity index (χ0v) is 11.9. The second-order valence-corrected chi connectivity index (χ2v) is 7.34. The number of nitrogens with one attached hydrogen (secondary N) is 1. The molecule has 1 saturated heterocycles. The summed E-state index contributed by atoms with van der Waals surface area (Å²) < 4.78 is 31.2. The maximum Gasteiger partial charge on any atom is 0.214 e. The quantitative estimate of drug-likeness (QED) is 0.691. The van der Waals surface area contributed by atoms with Crippen LogP contribution in [-0.2, 0) is 14.8 Å². The number of sulfonamides is 1. The highest BCUT2D eigenvalue weighted by atomic mass is 32.2. The Hall–Kier alpha value is -0.170. The van der Waals surface area contributed by atoms with Crippen molar-refractivity contribution in [3.8, 4) is 0 Å². The van der Waals surface area contributed by atoms with Crippen molar-refractivity contribution in [2.75, 3.05) is 32.5 Å². The van der Waals surface area contributed by atoms with Gasteiger partial charge in [0.2, 0.25) is 10.0 Å². The van der Waals surface area contributed by atoms with Crippen LogP contribution in [0.5, 0.6) is 0 Å². The molecule has 0 spiro atoms. The molecule has 1 N–H and O–H groups in total. The molecule has 0 radical (unpaired) electrons. The molecule has 6 heteroatoms. The second kappa shape index (κ2) is 6.32. The maximum atomic E-state index is 12.1. The van der Waals surface area contributed by atoms with E-state index in [2.05, 4.69) is 5.32 Å². The molecule has 1 aliphatic carbocycles. The van der Waals surface area contributed by atoms with Crippen molar-refractivity contribution in [2.24, 2.45) is 0 Å². The molecule has 0 bridgehead atoms. The summed E-state index contributed by atoms with van der Waals surface area (Å²) in [5, 5.41) is 3.34. The molecule has 1 heterocycles. The van der Waals surface area contributed by atoms with Gasteiger partial charge in [0.15, 0.2) is 0 Å². The third kappa shape index (κ3) is 4.19. The molecule has 1 saturated carbocycles. The molecule has 1 unspecified atom stereocenters. The van der Waals surface area contributed by atoms with E-state index in [1.165, 1.54) is 12.8 Å². The van der Waals surface area contributed by atoms with Gasteiger partial charge in [-0.1, -0.05) is 0 Å². The first-order chi connectivity index (χ1) is 8.62. The summed E-state index contributed by atoms with van der Waals surface area (Å²) in [6.45, 7) is 1.98. The van der Waals surface area contributed by atoms with Crippen molar-refractivity contribution in [1.29, 1.82) is 0 Å². The van der Waals surface area contributed by atoms with Gasteiger partial charge < -0.3 is 10.1 Å². The number of ether oxygens (including phenoxy) is 1. The molecule has 18 heavy (non-hydrogen) atoms. The van der Waals surface area contributed by atoms with Crippen LogP contribution >= 0.6 is 0 Å². The van der Waals surface area contributed by atoms with E-state index in [1.54, 1.807) is 11.4 Å². The van der Waals surface area contributed by atoms with Gasteiger partial charge in [-0.15, -0.1) is 0 Å². The summed E-state index contributed by atoms with van der Waals surface area (Å²) in [5.74, 6) is 0.253. The second-order valence-electron chi connectivity index (χ2n) is 5.26. The SMILES string of the molecule is COC1CCCN(S(=O)(=O)CCCNC2CC2)C1. The van der Waals surface area contributed by atoms with Crippen molar-refractivity contribution >= 4 is 10.0 Å². The molecule has 0 aromatic rings. The van der Waals surface area contributed by atoms with E-state index in [0.717, 1.165) is 19.4 Å². The molecule has 0 amide bonds. The minimum atomic E-state index is -3.09. The predicted octanol–water partition coefficient (Wildman–Crippen LogP) is 0.569. The largest absolute Gasteiger partial charge is 0.380 e. The van der Waals surface area contributed by atoms with Gasteiger partial charge in [-0.3, -0.25) is 0 Å². The van der Waals surface area contributed by atoms with E-state index in [-0.39, 0.29) is 11.9 Å². The average molecular weight is 276 g/mol. The van der Waals surface area contributed by atoms with E-state index >= 15 is 0 Å². The van der Waals surface area contributed by atoms with Crippen molar-refractivity contribution in [3.63, 3.8) is 0 Å². The van der Waals surface area contributed by atoms with Gasteiger partial charge in [0, 0.05) is 26.2 Å². The van der Waals surface area contributed by atoms with Crippen molar-refractivity contribution in [2.45, 2.75) is 44.2 Å². The Balaban J connectivity index is 1.73. The zero-order valence-electron chi connectivity index (χ0n) is 11.1. The van der Waals surface area contributed by atoms with Gasteiger partial charge in [0.05, 0.1) is 11.9 Å². The topological polar surface area (TPSA) is 58.6 Å². The molecule has 106 valence electrons. The monoisotopic (exact) mass is 276 g/mol. The normalized spacial score (nSPS) is 26.4. The summed E-state index contributed by atoms with van der Waals surface area (Å²) in [6, 6.07) is 0.653. The van der Waals surface area contributed by atoms with Crippen LogP contribution in [0.15, 0.2) is 0 Å². The van der Waals surface area contributed by atoms with Crippen LogP contribution in [0.3, 0.4) is 0 Å². The van der Waals surface area contributed by atoms with Gasteiger partial charge in [-0.2, -0.15) is 4.31 Å². The predicted molar refractivity (Wildman–Crippen MR) is 71.0 cm³/mol. The lowest BCUT2D eigenvalue weighted by molar-refractivity contribution is 0.0572. The highest BCUT2D eigenvalue weighted by Gasteiger charge is 2.28. The van der Waals surface area contributed by atoms with Crippen LogP contribution < -0.4 is 5.32 Å². The lowest BCUT2D eigenvalue weighted by atomic mass is 10.1. The molecule has 2 fully saturated rings. The fourth-order valence-electron chi connectivity index (χ4n) is 2.33. The van der Waals surface area contributed by atoms with E-state index < -0.39 is 10.0 Å². The van der Waals surface area contributed by atoms with E-state index in [4.69, 9.17) is 4.74 Å². The first-order valence-corrected chi connectivity index (χ1v) is 8.47. The summed E-state index contributed by atoms with van der Waals surface area (Å²) in [4.78, 5) is 0. The first-order valence-electron chi connectivity index (χ1n) is 6.86. The summed E-state index contributed by atoms with van der Waals surface area (Å²) in [5.41, 5.74) is 0. The standard InChI is InChI=1S/C12H24N2O3S/c1-17-12-4-2-8-14(10-12)18(15,16)9-3-7-13-11-5-6-11/h11-13H,2-10H2,1H3. The molecule has 1 atom stereocenters. The Morgan fingerprint density at radius 3 is 2.78 bits per heavy atom. The highest BCUT2D eigenvalue weighted by Crippen LogP contribution is 2.19. The summed E-state index contributed by atoms with van der Waals surface area (Å²) >= 11 is 0. The Kier molecular flexibility index (Phi) is 5.00. The van der Waals surface area contributed by atoms with E-state index in [1.807, 2.05) is 0 Å². The number of nitrogens with zero attached hydrogens (tertiary/aromatic N) is 1. The molecule has 1 aliphatic heterocycles. The lowest BCUT2D eigenvalue weighted by Crippen LogP contribution is -2.44. The van der Waals surface area contributed by atoms with Crippen LogP contribution in [0, 0.1) is 0 Å². The minimum Gasteiger partial charge on any atom is -0.380 e. The Labute approximate surface area is 110 Å². The van der Waals surface area contributed by atoms with Gasteiger partial charge in [-0.25, -0.2) is 8.42 Å². The van der Waals surface area contributed by atoms with Crippen LogP contribution in [0.2, 0.25) is 0 Å². The molecule has 0 aromatic carbocycles. The molecule has 2 rings (SSSR count). The molecule has 0 aromatic heterocycles. The fraction of sp³-hybridized carbons (Fsp3) is 1.00. The Morgan fingerprint density at radius 2 is 2.11 bits per heavy atom. The fourth-order valence-corrected chi connectivity index (χ4v) is 3.90. The summed E-state index contributed by atoms with van der Waals surface area (Å²) in [7, 11) is -1.44. The van der Waals surface area contributed by atoms with Crippen LogP contribution in [0.4, 0.5) is 0 Å². The Bertz CT molecular complexity index is 354. The minimum absolute atomic E-state index is 0.0677. The van der Waals surface area contributed by atoms with Crippen molar-refractivity contribution in [1.82, 2.24) is 9.62 Å². The number of piperidine rings is 1. The van der Waals surface area contributed by atoms with Gasteiger partial charge in [0.25, 0.3) is 0 Å². The zero-order chi connectivity index (χ0) is 13.0. The van der Waals surface area contributed by atoms with Crippen LogP contribution in [-0.4, -0.2) is 57.4 Å². The smallest absolute Gasteiger partial charge is 0.214 e. The van der Waals surface area contributed by atoms with Gasteiger partial charge >= 0.3 is 0 Å². The van der Waals surface area contributed by atoms with Crippen LogP contribution in [0.1, 0.15) is 32.1 Å². The number of hydrogen-bond acceptors (Lipinski definition) is 4. The van der Waals surface area contributed by atoms with E-state index in [0.29, 0.717) is 25.6 Å². The highest BCUT2D eigenvalue weighted by molar-refractivity contribution is 7.89. The third-order valence-corrected chi connectivity index (χ3v) is 5.58. The molecular formula is C12H24N2O3S. The first kappa shape index (κ1) is 14.2. The van der Waals surface area contributed by atoms with Crippen LogP contribution in [0.25, 0.3) is 0 Å². The van der Waals surface area contributed by atoms with Crippen molar-refractivity contribution < 1.29 is 13.2 Å². The number of methoxy groups -OCH3 is 1. The van der Waals surface area contributed by atoms with Gasteiger partial charge in [0.1, 0.15) is 0 Å². The van der Waals surface area contributed by atoms with E-state index in [9.17, 15) is 8.42 Å². The third-order valence-electron chi connectivity index (χ3n) is 3.66. The molecular weight excluding hydrogens is 252 g/mol. The lowest BCUT2D eigenvalue weighted by Gasteiger charge is -2.31. The average Bonchev–Trinajstić information content (AvgIpc) is 3.19. The molecule has 5 nitrogen and oxygen atoms in total. The Morgan fingerprint density at radius 1 is 1.33 bits per heavy atom.